The average Bonchev–Trinajstić information content (AvgIpc) is 3.17. The number of alkyl halides is 3. The van der Waals surface area contributed by atoms with E-state index in [4.69, 9.17) is 0 Å². The van der Waals surface area contributed by atoms with Gasteiger partial charge in [0, 0.05) is 38.1 Å². The number of benzene rings is 1. The van der Waals surface area contributed by atoms with Crippen molar-refractivity contribution in [3.63, 3.8) is 0 Å². The van der Waals surface area contributed by atoms with E-state index in [9.17, 15) is 26.4 Å². The number of halogens is 3. The number of carbonyl (C=O) groups excluding carboxylic acids is 1. The molecule has 1 aliphatic rings. The minimum Gasteiger partial charge on any atom is -0.333 e. The Morgan fingerprint density at radius 3 is 2.52 bits per heavy atom. The third-order valence-electron chi connectivity index (χ3n) is 5.18. The Balaban J connectivity index is 1.51. The number of rotatable bonds is 3. The van der Waals surface area contributed by atoms with Crippen LogP contribution in [0.5, 0.6) is 0 Å². The van der Waals surface area contributed by atoms with Gasteiger partial charge >= 0.3 is 6.18 Å². The summed E-state index contributed by atoms with van der Waals surface area (Å²) in [5, 5.41) is 4.10. The minimum absolute atomic E-state index is 0.0156. The first kappa shape index (κ1) is 21.2. The van der Waals surface area contributed by atoms with Gasteiger partial charge in [0.1, 0.15) is 5.56 Å². The highest BCUT2D eigenvalue weighted by atomic mass is 32.2. The van der Waals surface area contributed by atoms with Gasteiger partial charge in [-0.2, -0.15) is 22.6 Å². The molecule has 0 spiro atoms. The fraction of sp³-hybridized carbons (Fsp3) is 0.316. The van der Waals surface area contributed by atoms with Crippen LogP contribution in [0.15, 0.2) is 53.8 Å². The number of hydrogen-bond acceptors (Lipinski definition) is 5. The van der Waals surface area contributed by atoms with Gasteiger partial charge < -0.3 is 4.90 Å². The molecular weight excluding hydrogens is 435 g/mol. The number of carbonyl (C=O) groups is 1. The van der Waals surface area contributed by atoms with E-state index in [1.807, 2.05) is 0 Å². The predicted octanol–water partition coefficient (Wildman–Crippen LogP) is 2.28. The Morgan fingerprint density at radius 2 is 1.87 bits per heavy atom. The molecule has 0 bridgehead atoms. The Kier molecular flexibility index (Phi) is 5.21. The SMILES string of the molecule is CC1CN(S(=O)(=O)c2ccc(C(F)(F)F)cc2)CCN1C(=O)c1cnn2cccnc12. The van der Waals surface area contributed by atoms with Crippen LogP contribution in [0.2, 0.25) is 0 Å². The number of aromatic nitrogens is 3. The van der Waals surface area contributed by atoms with Gasteiger partial charge in [-0.25, -0.2) is 17.9 Å². The van der Waals surface area contributed by atoms with Crippen LogP contribution in [0, 0.1) is 0 Å². The third kappa shape index (κ3) is 3.88. The van der Waals surface area contributed by atoms with Crippen molar-refractivity contribution >= 4 is 21.6 Å². The molecular formula is C19H18F3N5O3S. The van der Waals surface area contributed by atoms with Crippen molar-refractivity contribution in [1.29, 1.82) is 0 Å². The Hall–Kier alpha value is -2.99. The molecule has 1 saturated heterocycles. The lowest BCUT2D eigenvalue weighted by Crippen LogP contribution is -2.55. The second kappa shape index (κ2) is 7.61. The highest BCUT2D eigenvalue weighted by molar-refractivity contribution is 7.89. The molecule has 1 fully saturated rings. The molecule has 1 aromatic carbocycles. The fourth-order valence-electron chi connectivity index (χ4n) is 3.54. The lowest BCUT2D eigenvalue weighted by molar-refractivity contribution is -0.137. The zero-order valence-electron chi connectivity index (χ0n) is 16.3. The largest absolute Gasteiger partial charge is 0.416 e. The zero-order valence-corrected chi connectivity index (χ0v) is 17.1. The van der Waals surface area contributed by atoms with Gasteiger partial charge in [-0.1, -0.05) is 0 Å². The van der Waals surface area contributed by atoms with E-state index < -0.39 is 27.8 Å². The molecule has 1 aliphatic heterocycles. The maximum atomic E-state index is 13.0. The van der Waals surface area contributed by atoms with Crippen LogP contribution in [-0.2, 0) is 16.2 Å². The van der Waals surface area contributed by atoms with Crippen LogP contribution in [-0.4, -0.2) is 63.8 Å². The molecule has 31 heavy (non-hydrogen) atoms. The predicted molar refractivity (Wildman–Crippen MR) is 104 cm³/mol. The summed E-state index contributed by atoms with van der Waals surface area (Å²) in [4.78, 5) is 18.5. The highest BCUT2D eigenvalue weighted by Crippen LogP contribution is 2.30. The Bertz CT molecular complexity index is 1220. The number of amides is 1. The average molecular weight is 453 g/mol. The van der Waals surface area contributed by atoms with Gasteiger partial charge in [0.2, 0.25) is 10.0 Å². The number of hydrogen-bond donors (Lipinski definition) is 0. The van der Waals surface area contributed by atoms with Gasteiger partial charge in [0.15, 0.2) is 5.65 Å². The third-order valence-corrected chi connectivity index (χ3v) is 7.06. The molecule has 164 valence electrons. The van der Waals surface area contributed by atoms with Crippen molar-refractivity contribution in [2.75, 3.05) is 19.6 Å². The molecule has 0 aliphatic carbocycles. The smallest absolute Gasteiger partial charge is 0.333 e. The molecule has 0 radical (unpaired) electrons. The summed E-state index contributed by atoms with van der Waals surface area (Å²) in [6.45, 7) is 1.88. The molecule has 0 saturated carbocycles. The summed E-state index contributed by atoms with van der Waals surface area (Å²) in [6, 6.07) is 4.62. The maximum Gasteiger partial charge on any atom is 0.416 e. The summed E-state index contributed by atoms with van der Waals surface area (Å²) >= 11 is 0. The van der Waals surface area contributed by atoms with E-state index in [1.54, 1.807) is 30.3 Å². The van der Waals surface area contributed by atoms with Gasteiger partial charge in [-0.05, 0) is 37.3 Å². The van der Waals surface area contributed by atoms with Crippen LogP contribution in [0.3, 0.4) is 0 Å². The monoisotopic (exact) mass is 453 g/mol. The number of sulfonamides is 1. The van der Waals surface area contributed by atoms with Crippen molar-refractivity contribution in [2.45, 2.75) is 24.0 Å². The molecule has 12 heteroatoms. The molecule has 3 aromatic rings. The molecule has 4 rings (SSSR count). The van der Waals surface area contributed by atoms with Crippen molar-refractivity contribution in [1.82, 2.24) is 23.8 Å². The van der Waals surface area contributed by atoms with E-state index in [-0.39, 0.29) is 30.4 Å². The molecule has 2 aromatic heterocycles. The van der Waals surface area contributed by atoms with E-state index in [0.717, 1.165) is 24.3 Å². The molecule has 1 atom stereocenters. The van der Waals surface area contributed by atoms with Gasteiger partial charge in [0.25, 0.3) is 5.91 Å². The summed E-state index contributed by atoms with van der Waals surface area (Å²) in [6.07, 6.45) is 0.0847. The lowest BCUT2D eigenvalue weighted by Gasteiger charge is -2.39. The van der Waals surface area contributed by atoms with Crippen molar-refractivity contribution in [2.24, 2.45) is 0 Å². The zero-order chi connectivity index (χ0) is 22.4. The van der Waals surface area contributed by atoms with E-state index in [1.165, 1.54) is 15.0 Å². The van der Waals surface area contributed by atoms with Crippen LogP contribution < -0.4 is 0 Å². The normalized spacial score (nSPS) is 18.5. The van der Waals surface area contributed by atoms with Crippen molar-refractivity contribution < 1.29 is 26.4 Å². The highest BCUT2D eigenvalue weighted by Gasteiger charge is 2.36. The number of piperazine rings is 1. The molecule has 1 amide bonds. The minimum atomic E-state index is -4.55. The summed E-state index contributed by atoms with van der Waals surface area (Å²) in [7, 11) is -4.00. The molecule has 0 N–H and O–H groups in total. The van der Waals surface area contributed by atoms with Crippen LogP contribution in [0.1, 0.15) is 22.8 Å². The molecule has 3 heterocycles. The van der Waals surface area contributed by atoms with E-state index in [2.05, 4.69) is 10.1 Å². The topological polar surface area (TPSA) is 87.9 Å². The second-order valence-corrected chi connectivity index (χ2v) is 9.12. The standard InChI is InChI=1S/C19H18F3N5O3S/c1-13-12-25(31(29,30)15-5-3-14(4-6-15)19(20,21)22)9-10-26(13)18(28)16-11-24-27-8-2-7-23-17(16)27/h2-8,11,13H,9-10,12H2,1H3. The second-order valence-electron chi connectivity index (χ2n) is 7.18. The Morgan fingerprint density at radius 1 is 1.16 bits per heavy atom. The molecule has 1 unspecified atom stereocenters. The van der Waals surface area contributed by atoms with E-state index in [0.29, 0.717) is 11.2 Å². The van der Waals surface area contributed by atoms with E-state index >= 15 is 0 Å². The lowest BCUT2D eigenvalue weighted by atomic mass is 10.2. The van der Waals surface area contributed by atoms with Gasteiger partial charge in [-0.3, -0.25) is 4.79 Å². The first-order valence-electron chi connectivity index (χ1n) is 9.36. The quantitative estimate of drug-likeness (QED) is 0.607. The van der Waals surface area contributed by atoms with Crippen LogP contribution in [0.4, 0.5) is 13.2 Å². The van der Waals surface area contributed by atoms with Crippen molar-refractivity contribution in [3.8, 4) is 0 Å². The fourth-order valence-corrected chi connectivity index (χ4v) is 5.05. The Labute approximate surface area is 176 Å². The summed E-state index contributed by atoms with van der Waals surface area (Å²) in [5.41, 5.74) is -0.205. The summed E-state index contributed by atoms with van der Waals surface area (Å²) < 4.78 is 66.7. The van der Waals surface area contributed by atoms with Crippen molar-refractivity contribution in [3.05, 3.63) is 60.0 Å². The first-order valence-corrected chi connectivity index (χ1v) is 10.8. The van der Waals surface area contributed by atoms with Gasteiger partial charge in [-0.15, -0.1) is 0 Å². The first-order chi connectivity index (χ1) is 14.6. The van der Waals surface area contributed by atoms with Crippen LogP contribution >= 0.6 is 0 Å². The number of fused-ring (bicyclic) bond motifs is 1. The molecule has 8 nitrogen and oxygen atoms in total. The maximum absolute atomic E-state index is 13.0. The summed E-state index contributed by atoms with van der Waals surface area (Å²) in [5.74, 6) is -0.312. The van der Waals surface area contributed by atoms with Crippen LogP contribution in [0.25, 0.3) is 5.65 Å². The van der Waals surface area contributed by atoms with Gasteiger partial charge in [0.05, 0.1) is 16.7 Å². The number of nitrogens with zero attached hydrogens (tertiary/aromatic N) is 5.